The maximum Gasteiger partial charge on any atom is 0.197 e. The summed E-state index contributed by atoms with van der Waals surface area (Å²) in [6.45, 7) is 0. The van der Waals surface area contributed by atoms with Crippen molar-refractivity contribution in [2.24, 2.45) is 0 Å². The van der Waals surface area contributed by atoms with Crippen molar-refractivity contribution in [1.82, 2.24) is 8.80 Å². The molecule has 0 spiro atoms. The van der Waals surface area contributed by atoms with Gasteiger partial charge in [0.15, 0.2) is 10.9 Å². The molecule has 4 heteroatoms. The van der Waals surface area contributed by atoms with Crippen LogP contribution < -0.4 is 10.9 Å². The first-order valence-electron chi connectivity index (χ1n) is 24.5. The van der Waals surface area contributed by atoms with E-state index >= 15 is 9.59 Å². The van der Waals surface area contributed by atoms with Crippen LogP contribution in [0.5, 0.6) is 0 Å². The third-order valence-corrected chi connectivity index (χ3v) is 15.2. The van der Waals surface area contributed by atoms with Crippen LogP contribution in [-0.2, 0) is 0 Å². The SMILES string of the molecule is O=c1c2ccccc2n2c3c(-c4c(-c5ccccc5)cccc4-c4ccccc4)c4c(c(-c5c(-c6ccccc6)cccc5-c5ccccc5)c3c3cccc1c32)c1cccc2c(=O)c3ccccc3n4c21. The fourth-order valence-electron chi connectivity index (χ4n) is 12.3. The number of rotatable bonds is 6. The molecule has 334 valence electrons. The lowest BCUT2D eigenvalue weighted by Crippen LogP contribution is -2.07. The molecule has 15 aromatic rings. The summed E-state index contributed by atoms with van der Waals surface area (Å²) in [6.07, 6.45) is 0. The monoisotopic (exact) mass is 916 g/mol. The van der Waals surface area contributed by atoms with Crippen molar-refractivity contribution in [3.8, 4) is 66.8 Å². The lowest BCUT2D eigenvalue weighted by atomic mass is 9.80. The molecule has 0 amide bonds. The van der Waals surface area contributed by atoms with Crippen LogP contribution in [0.4, 0.5) is 0 Å². The fraction of sp³-hybridized carbons (Fsp3) is 0. The molecular formula is C68H40N2O2. The topological polar surface area (TPSA) is 43.0 Å². The van der Waals surface area contributed by atoms with Crippen LogP contribution in [0.15, 0.2) is 252 Å². The molecule has 0 fully saturated rings. The minimum absolute atomic E-state index is 0.00456. The van der Waals surface area contributed by atoms with Gasteiger partial charge >= 0.3 is 0 Å². The second-order valence-corrected chi connectivity index (χ2v) is 18.9. The predicted molar refractivity (Wildman–Crippen MR) is 301 cm³/mol. The number of para-hydroxylation sites is 4. The van der Waals surface area contributed by atoms with Crippen LogP contribution in [0.3, 0.4) is 0 Å². The number of pyridine rings is 2. The minimum Gasteiger partial charge on any atom is -0.307 e. The van der Waals surface area contributed by atoms with E-state index in [0.29, 0.717) is 21.5 Å². The van der Waals surface area contributed by atoms with E-state index in [1.54, 1.807) is 0 Å². The molecule has 0 aliphatic rings. The molecule has 0 bridgehead atoms. The Morgan fingerprint density at radius 3 is 0.889 bits per heavy atom. The number of fused-ring (bicyclic) bond motifs is 10. The van der Waals surface area contributed by atoms with Crippen molar-refractivity contribution in [3.63, 3.8) is 0 Å². The molecular weight excluding hydrogens is 877 g/mol. The summed E-state index contributed by atoms with van der Waals surface area (Å²) >= 11 is 0. The van der Waals surface area contributed by atoms with E-state index in [1.807, 2.05) is 48.5 Å². The second-order valence-electron chi connectivity index (χ2n) is 18.9. The third-order valence-electron chi connectivity index (χ3n) is 15.2. The van der Waals surface area contributed by atoms with Crippen LogP contribution >= 0.6 is 0 Å². The van der Waals surface area contributed by atoms with Crippen molar-refractivity contribution in [3.05, 3.63) is 263 Å². The Hall–Kier alpha value is -9.64. The van der Waals surface area contributed by atoms with Gasteiger partial charge in [-0.25, -0.2) is 0 Å². The van der Waals surface area contributed by atoms with Crippen molar-refractivity contribution < 1.29 is 0 Å². The molecule has 72 heavy (non-hydrogen) atoms. The molecule has 0 saturated carbocycles. The average molecular weight is 917 g/mol. The summed E-state index contributed by atoms with van der Waals surface area (Å²) in [4.78, 5) is 30.1. The Balaban J connectivity index is 1.35. The second kappa shape index (κ2) is 15.4. The van der Waals surface area contributed by atoms with Gasteiger partial charge in [-0.05, 0) is 86.5 Å². The van der Waals surface area contributed by atoms with Gasteiger partial charge < -0.3 is 8.80 Å². The number of nitrogens with zero attached hydrogens (tertiary/aromatic N) is 2. The first kappa shape index (κ1) is 40.3. The first-order chi connectivity index (χ1) is 35.7. The number of hydrogen-bond acceptors (Lipinski definition) is 2. The molecule has 11 aromatic carbocycles. The molecule has 4 aromatic heterocycles. The molecule has 0 N–H and O–H groups in total. The van der Waals surface area contributed by atoms with Gasteiger partial charge in [-0.2, -0.15) is 0 Å². The highest BCUT2D eigenvalue weighted by atomic mass is 16.1. The zero-order valence-electron chi connectivity index (χ0n) is 38.8. The molecule has 15 rings (SSSR count). The van der Waals surface area contributed by atoms with Gasteiger partial charge in [-0.15, -0.1) is 0 Å². The van der Waals surface area contributed by atoms with E-state index in [0.717, 1.165) is 121 Å². The van der Waals surface area contributed by atoms with Crippen molar-refractivity contribution in [1.29, 1.82) is 0 Å². The van der Waals surface area contributed by atoms with Crippen molar-refractivity contribution in [2.75, 3.05) is 0 Å². The first-order valence-corrected chi connectivity index (χ1v) is 24.5. The number of hydrogen-bond donors (Lipinski definition) is 0. The van der Waals surface area contributed by atoms with Gasteiger partial charge in [0.25, 0.3) is 0 Å². The molecule has 0 saturated heterocycles. The van der Waals surface area contributed by atoms with Gasteiger partial charge in [0.2, 0.25) is 0 Å². The molecule has 4 heterocycles. The van der Waals surface area contributed by atoms with Crippen LogP contribution in [0.1, 0.15) is 0 Å². The summed E-state index contributed by atoms with van der Waals surface area (Å²) in [7, 11) is 0. The van der Waals surface area contributed by atoms with E-state index in [9.17, 15) is 0 Å². The summed E-state index contributed by atoms with van der Waals surface area (Å²) in [6, 6.07) is 84.9. The normalized spacial score (nSPS) is 12.0. The van der Waals surface area contributed by atoms with E-state index in [2.05, 4.69) is 203 Å². The summed E-state index contributed by atoms with van der Waals surface area (Å²) < 4.78 is 4.81. The van der Waals surface area contributed by atoms with Gasteiger partial charge in [-0.3, -0.25) is 9.59 Å². The van der Waals surface area contributed by atoms with Gasteiger partial charge in [-0.1, -0.05) is 206 Å². The summed E-state index contributed by atoms with van der Waals surface area (Å²) in [5, 5.41) is 6.65. The van der Waals surface area contributed by atoms with E-state index in [-0.39, 0.29) is 10.9 Å². The van der Waals surface area contributed by atoms with E-state index < -0.39 is 0 Å². The van der Waals surface area contributed by atoms with E-state index in [4.69, 9.17) is 0 Å². The number of benzene rings is 11. The highest BCUT2D eigenvalue weighted by Gasteiger charge is 2.33. The standard InChI is InChI=1S/C68H40N2O2/c71-67-49-29-13-15-39-55(49)69-63-51(35-19-37-53(63)67)59-61(57-45(41-21-5-1-6-22-41)31-17-32-46(57)42-23-7-2-8-24-42)60-52-36-20-38-54-64(52)70(56-40-16-14-30-50(56)68(54)72)66(60)62(65(59)69)58-47(43-25-9-3-10-26-43)33-18-34-48(58)44-27-11-4-12-28-44/h1-40H. The van der Waals surface area contributed by atoms with Gasteiger partial charge in [0.1, 0.15) is 0 Å². The zero-order chi connectivity index (χ0) is 47.6. The smallest absolute Gasteiger partial charge is 0.197 e. The Bertz CT molecular complexity index is 4510. The van der Waals surface area contributed by atoms with E-state index in [1.165, 1.54) is 0 Å². The molecule has 0 atom stereocenters. The highest BCUT2D eigenvalue weighted by molar-refractivity contribution is 6.38. The third kappa shape index (κ3) is 5.52. The Kier molecular flexibility index (Phi) is 8.63. The van der Waals surface area contributed by atoms with Crippen molar-refractivity contribution in [2.45, 2.75) is 0 Å². The Morgan fingerprint density at radius 1 is 0.222 bits per heavy atom. The maximum absolute atomic E-state index is 15.1. The van der Waals surface area contributed by atoms with Crippen LogP contribution in [0.2, 0.25) is 0 Å². The Morgan fingerprint density at radius 2 is 0.514 bits per heavy atom. The van der Waals surface area contributed by atoms with Crippen LogP contribution in [0, 0.1) is 0 Å². The maximum atomic E-state index is 15.1. The lowest BCUT2D eigenvalue weighted by Gasteiger charge is -2.23. The molecule has 0 aliphatic heterocycles. The largest absolute Gasteiger partial charge is 0.307 e. The minimum atomic E-state index is 0.00456. The Labute approximate surface area is 412 Å². The predicted octanol–water partition coefficient (Wildman–Crippen LogP) is 16.7. The zero-order valence-corrected chi connectivity index (χ0v) is 38.8. The number of aromatic nitrogens is 2. The molecule has 0 aliphatic carbocycles. The highest BCUT2D eigenvalue weighted by Crippen LogP contribution is 2.57. The fourth-order valence-corrected chi connectivity index (χ4v) is 12.3. The summed E-state index contributed by atoms with van der Waals surface area (Å²) in [5.41, 5.74) is 18.2. The average Bonchev–Trinajstić information content (AvgIpc) is 3.99. The quantitative estimate of drug-likeness (QED) is 0.156. The molecule has 0 radical (unpaired) electrons. The lowest BCUT2D eigenvalue weighted by molar-refractivity contribution is 1.32. The van der Waals surface area contributed by atoms with Crippen LogP contribution in [0.25, 0.3) is 143 Å². The summed E-state index contributed by atoms with van der Waals surface area (Å²) in [5.74, 6) is 0. The van der Waals surface area contributed by atoms with Gasteiger partial charge in [0.05, 0.1) is 33.1 Å². The molecule has 4 nitrogen and oxygen atoms in total. The molecule has 0 unspecified atom stereocenters. The van der Waals surface area contributed by atoms with Crippen LogP contribution in [-0.4, -0.2) is 8.80 Å². The van der Waals surface area contributed by atoms with Crippen molar-refractivity contribution >= 4 is 76.2 Å². The van der Waals surface area contributed by atoms with Gasteiger partial charge in [0, 0.05) is 59.8 Å².